The molecule has 1 aliphatic carbocycles. The zero-order valence-electron chi connectivity index (χ0n) is 15.9. The number of imide groups is 1. The smallest absolute Gasteiger partial charge is 0.341 e. The van der Waals surface area contributed by atoms with Gasteiger partial charge in [-0.1, -0.05) is 30.3 Å². The summed E-state index contributed by atoms with van der Waals surface area (Å²) >= 11 is 0. The lowest BCUT2D eigenvalue weighted by atomic mass is 10.1. The number of benzene rings is 2. The van der Waals surface area contributed by atoms with Gasteiger partial charge in [0, 0.05) is 30.4 Å². The zero-order chi connectivity index (χ0) is 21.5. The first kappa shape index (κ1) is 20.8. The van der Waals surface area contributed by atoms with Crippen LogP contribution in [0, 0.1) is 10.1 Å². The van der Waals surface area contributed by atoms with Gasteiger partial charge < -0.3 is 15.4 Å². The molecule has 3 N–H and O–H groups in total. The van der Waals surface area contributed by atoms with E-state index in [1.165, 1.54) is 12.1 Å². The molecule has 0 saturated heterocycles. The van der Waals surface area contributed by atoms with Gasteiger partial charge in [0.25, 0.3) is 11.6 Å². The van der Waals surface area contributed by atoms with Gasteiger partial charge in [-0.05, 0) is 24.5 Å². The first-order valence-corrected chi connectivity index (χ1v) is 9.26. The second-order valence-corrected chi connectivity index (χ2v) is 6.70. The van der Waals surface area contributed by atoms with Gasteiger partial charge in [0.1, 0.15) is 0 Å². The van der Waals surface area contributed by atoms with Crippen LogP contribution < -0.4 is 16.0 Å². The van der Waals surface area contributed by atoms with Crippen LogP contribution in [0.4, 0.5) is 16.2 Å². The highest BCUT2D eigenvalue weighted by molar-refractivity contribution is 5.99. The first-order valence-electron chi connectivity index (χ1n) is 9.26. The molecule has 0 bridgehead atoms. The van der Waals surface area contributed by atoms with Gasteiger partial charge in [-0.25, -0.2) is 9.59 Å². The second-order valence-electron chi connectivity index (χ2n) is 6.70. The summed E-state index contributed by atoms with van der Waals surface area (Å²) in [5.41, 5.74) is 0.883. The Balaban J connectivity index is 1.64. The molecule has 1 saturated carbocycles. The van der Waals surface area contributed by atoms with Gasteiger partial charge in [-0.3, -0.25) is 20.2 Å². The molecule has 0 heterocycles. The van der Waals surface area contributed by atoms with Crippen molar-refractivity contribution in [2.75, 3.05) is 11.9 Å². The number of hydrogen-bond acceptors (Lipinski definition) is 7. The number of non-ortho nitro benzene ring substituents is 1. The third kappa shape index (κ3) is 6.03. The maximum absolute atomic E-state index is 12.5. The predicted molar refractivity (Wildman–Crippen MR) is 107 cm³/mol. The largest absolute Gasteiger partial charge is 0.452 e. The normalized spacial score (nSPS) is 12.5. The van der Waals surface area contributed by atoms with Gasteiger partial charge in [-0.15, -0.1) is 0 Å². The minimum absolute atomic E-state index is 0.0727. The Morgan fingerprint density at radius 2 is 1.83 bits per heavy atom. The van der Waals surface area contributed by atoms with Crippen LogP contribution in [0.3, 0.4) is 0 Å². The van der Waals surface area contributed by atoms with Crippen LogP contribution in [-0.4, -0.2) is 35.5 Å². The van der Waals surface area contributed by atoms with Crippen molar-refractivity contribution < 1.29 is 24.0 Å². The highest BCUT2D eigenvalue weighted by Crippen LogP contribution is 2.24. The summed E-state index contributed by atoms with van der Waals surface area (Å²) in [6.07, 6.45) is 1.73. The summed E-state index contributed by atoms with van der Waals surface area (Å²) in [4.78, 5) is 46.2. The molecule has 0 unspecified atom stereocenters. The van der Waals surface area contributed by atoms with Crippen LogP contribution >= 0.6 is 0 Å². The molecule has 1 aliphatic rings. The summed E-state index contributed by atoms with van der Waals surface area (Å²) in [5, 5.41) is 18.7. The molecule has 0 spiro atoms. The Morgan fingerprint density at radius 3 is 2.50 bits per heavy atom. The lowest BCUT2D eigenvalue weighted by Crippen LogP contribution is -2.42. The van der Waals surface area contributed by atoms with E-state index in [1.807, 2.05) is 30.3 Å². The average molecular weight is 412 g/mol. The van der Waals surface area contributed by atoms with Crippen molar-refractivity contribution in [3.05, 3.63) is 69.8 Å². The van der Waals surface area contributed by atoms with Gasteiger partial charge in [0.15, 0.2) is 6.61 Å². The third-order valence-electron chi connectivity index (χ3n) is 4.26. The van der Waals surface area contributed by atoms with Gasteiger partial charge in [0.05, 0.1) is 10.5 Å². The number of hydrogen-bond donors (Lipinski definition) is 3. The van der Waals surface area contributed by atoms with E-state index in [2.05, 4.69) is 16.0 Å². The Labute approximate surface area is 171 Å². The Morgan fingerprint density at radius 1 is 1.10 bits per heavy atom. The van der Waals surface area contributed by atoms with Crippen LogP contribution in [0.2, 0.25) is 0 Å². The monoisotopic (exact) mass is 412 g/mol. The number of nitro benzene ring substituents is 1. The van der Waals surface area contributed by atoms with Crippen LogP contribution in [0.5, 0.6) is 0 Å². The van der Waals surface area contributed by atoms with Gasteiger partial charge >= 0.3 is 12.0 Å². The molecule has 10 heteroatoms. The number of esters is 1. The maximum atomic E-state index is 12.5. The van der Waals surface area contributed by atoms with Crippen molar-refractivity contribution in [2.24, 2.45) is 0 Å². The highest BCUT2D eigenvalue weighted by atomic mass is 16.6. The number of nitrogens with one attached hydrogen (secondary N) is 3. The van der Waals surface area contributed by atoms with E-state index in [4.69, 9.17) is 4.74 Å². The Bertz CT molecular complexity index is 959. The number of amides is 3. The van der Waals surface area contributed by atoms with E-state index in [1.54, 1.807) is 0 Å². The minimum atomic E-state index is -0.924. The fourth-order valence-corrected chi connectivity index (χ4v) is 2.58. The molecular weight excluding hydrogens is 392 g/mol. The number of rotatable bonds is 8. The van der Waals surface area contributed by atoms with E-state index in [9.17, 15) is 24.5 Å². The van der Waals surface area contributed by atoms with Crippen molar-refractivity contribution in [1.29, 1.82) is 0 Å². The van der Waals surface area contributed by atoms with Crippen molar-refractivity contribution in [3.63, 3.8) is 0 Å². The summed E-state index contributed by atoms with van der Waals surface area (Å²) in [6.45, 7) is -0.321. The highest BCUT2D eigenvalue weighted by Gasteiger charge is 2.24. The standard InChI is InChI=1S/C20H20N4O6/c25-18(23-20(27)22-14-6-7-14)12-30-19(26)16-10-15(24(28)29)8-9-17(16)21-11-13-4-2-1-3-5-13/h1-5,8-10,14,21H,6-7,11-12H2,(H2,22,23,25,27). The molecular formula is C20H20N4O6. The molecule has 0 aromatic heterocycles. The topological polar surface area (TPSA) is 140 Å². The molecule has 0 atom stereocenters. The lowest BCUT2D eigenvalue weighted by molar-refractivity contribution is -0.384. The quantitative estimate of drug-likeness (QED) is 0.343. The molecule has 2 aromatic rings. The maximum Gasteiger partial charge on any atom is 0.341 e. The first-order chi connectivity index (χ1) is 14.4. The van der Waals surface area contributed by atoms with Crippen LogP contribution in [0.25, 0.3) is 0 Å². The average Bonchev–Trinajstić information content (AvgIpc) is 3.54. The van der Waals surface area contributed by atoms with E-state index in [0.717, 1.165) is 24.5 Å². The molecule has 3 rings (SSSR count). The van der Waals surface area contributed by atoms with Crippen LogP contribution in [-0.2, 0) is 16.1 Å². The number of carbonyl (C=O) groups is 3. The fourth-order valence-electron chi connectivity index (χ4n) is 2.58. The van der Waals surface area contributed by atoms with Crippen molar-refractivity contribution in [3.8, 4) is 0 Å². The van der Waals surface area contributed by atoms with E-state index in [-0.39, 0.29) is 17.3 Å². The van der Waals surface area contributed by atoms with E-state index in [0.29, 0.717) is 12.2 Å². The number of ether oxygens (including phenoxy) is 1. The lowest BCUT2D eigenvalue weighted by Gasteiger charge is -2.12. The van der Waals surface area contributed by atoms with Crippen molar-refractivity contribution in [1.82, 2.24) is 10.6 Å². The molecule has 0 aliphatic heterocycles. The van der Waals surface area contributed by atoms with Crippen molar-refractivity contribution >= 4 is 29.3 Å². The summed E-state index contributed by atoms with van der Waals surface area (Å²) < 4.78 is 4.95. The van der Waals surface area contributed by atoms with Gasteiger partial charge in [0.2, 0.25) is 0 Å². The number of nitrogens with zero attached hydrogens (tertiary/aromatic N) is 1. The summed E-state index contributed by atoms with van der Waals surface area (Å²) in [7, 11) is 0. The van der Waals surface area contributed by atoms with E-state index >= 15 is 0 Å². The molecule has 156 valence electrons. The molecule has 1 fully saturated rings. The fraction of sp³-hybridized carbons (Fsp3) is 0.250. The predicted octanol–water partition coefficient (Wildman–Crippen LogP) is 2.35. The molecule has 2 aromatic carbocycles. The zero-order valence-corrected chi connectivity index (χ0v) is 15.9. The number of anilines is 1. The summed E-state index contributed by atoms with van der Waals surface area (Å²) in [6, 6.07) is 12.5. The van der Waals surface area contributed by atoms with Gasteiger partial charge in [-0.2, -0.15) is 0 Å². The second kappa shape index (κ2) is 9.50. The third-order valence-corrected chi connectivity index (χ3v) is 4.26. The Hall–Kier alpha value is -3.95. The molecule has 10 nitrogen and oxygen atoms in total. The van der Waals surface area contributed by atoms with Crippen LogP contribution in [0.15, 0.2) is 48.5 Å². The number of carbonyl (C=O) groups excluding carboxylic acids is 3. The Kier molecular flexibility index (Phi) is 6.58. The van der Waals surface area contributed by atoms with E-state index < -0.39 is 29.4 Å². The minimum Gasteiger partial charge on any atom is -0.452 e. The molecule has 3 amide bonds. The summed E-state index contributed by atoms with van der Waals surface area (Å²) in [5.74, 6) is -1.72. The van der Waals surface area contributed by atoms with Crippen molar-refractivity contribution in [2.45, 2.75) is 25.4 Å². The number of nitro groups is 1. The SMILES string of the molecule is O=C(COC(=O)c1cc([N+](=O)[O-])ccc1NCc1ccccc1)NC(=O)NC1CC1. The van der Waals surface area contributed by atoms with Crippen LogP contribution in [0.1, 0.15) is 28.8 Å². The number of urea groups is 1. The molecule has 0 radical (unpaired) electrons. The molecule has 30 heavy (non-hydrogen) atoms.